The Kier molecular flexibility index (Phi) is 5.15. The summed E-state index contributed by atoms with van der Waals surface area (Å²) in [6, 6.07) is 12.5. The molecule has 2 nitrogen and oxygen atoms in total. The number of rotatable bonds is 5. The van der Waals surface area contributed by atoms with Crippen LogP contribution in [0.1, 0.15) is 30.5 Å². The predicted octanol–water partition coefficient (Wildman–Crippen LogP) is 4.58. The molecular weight excluding hydrogens is 321 g/mol. The molecular formula is C16H17BrFNO. The van der Waals surface area contributed by atoms with E-state index in [4.69, 9.17) is 10.5 Å². The summed E-state index contributed by atoms with van der Waals surface area (Å²) in [6.07, 6.45) is 0.837. The van der Waals surface area contributed by atoms with Crippen LogP contribution in [0.3, 0.4) is 0 Å². The van der Waals surface area contributed by atoms with Crippen LogP contribution in [0.4, 0.5) is 4.39 Å². The monoisotopic (exact) mass is 337 g/mol. The van der Waals surface area contributed by atoms with Gasteiger partial charge in [-0.2, -0.15) is 0 Å². The highest BCUT2D eigenvalue weighted by atomic mass is 79.9. The molecule has 0 radical (unpaired) electrons. The first-order chi connectivity index (χ1) is 9.63. The highest BCUT2D eigenvalue weighted by molar-refractivity contribution is 9.10. The van der Waals surface area contributed by atoms with Crippen molar-refractivity contribution in [3.05, 3.63) is 63.9 Å². The van der Waals surface area contributed by atoms with E-state index in [1.54, 1.807) is 6.07 Å². The molecule has 0 aromatic heterocycles. The summed E-state index contributed by atoms with van der Waals surface area (Å²) >= 11 is 3.24. The van der Waals surface area contributed by atoms with Gasteiger partial charge in [0, 0.05) is 17.2 Å². The predicted molar refractivity (Wildman–Crippen MR) is 82.1 cm³/mol. The molecule has 106 valence electrons. The van der Waals surface area contributed by atoms with E-state index in [0.717, 1.165) is 23.3 Å². The first kappa shape index (κ1) is 15.0. The maximum Gasteiger partial charge on any atom is 0.137 e. The summed E-state index contributed by atoms with van der Waals surface area (Å²) in [5.41, 5.74) is 7.81. The third-order valence-electron chi connectivity index (χ3n) is 3.17. The Balaban J connectivity index is 2.17. The first-order valence-corrected chi connectivity index (χ1v) is 7.33. The minimum atomic E-state index is -0.287. The molecule has 0 spiro atoms. The molecule has 0 fully saturated rings. The van der Waals surface area contributed by atoms with Gasteiger partial charge in [0.1, 0.15) is 18.2 Å². The fourth-order valence-electron chi connectivity index (χ4n) is 1.95. The van der Waals surface area contributed by atoms with E-state index in [0.29, 0.717) is 11.1 Å². The highest BCUT2D eigenvalue weighted by Gasteiger charge is 2.11. The Morgan fingerprint density at radius 1 is 1.20 bits per heavy atom. The van der Waals surface area contributed by atoms with Crippen molar-refractivity contribution in [1.29, 1.82) is 0 Å². The molecule has 0 bridgehead atoms. The van der Waals surface area contributed by atoms with Crippen LogP contribution in [0.15, 0.2) is 46.9 Å². The zero-order valence-corrected chi connectivity index (χ0v) is 12.9. The number of halogens is 2. The van der Waals surface area contributed by atoms with Crippen molar-refractivity contribution in [3.8, 4) is 5.75 Å². The standard InChI is InChI=1S/C16H17BrFNO/c1-2-14(19)12-7-3-4-9-15(12)20-10-11-6-5-8-13(18)16(11)17/h3-9,14H,2,10,19H2,1H3/t14-/m0/s1. The SMILES string of the molecule is CC[C@H](N)c1ccccc1OCc1cccc(F)c1Br. The van der Waals surface area contributed by atoms with E-state index in [1.165, 1.54) is 6.07 Å². The zero-order valence-electron chi connectivity index (χ0n) is 11.3. The molecule has 2 aromatic carbocycles. The smallest absolute Gasteiger partial charge is 0.137 e. The van der Waals surface area contributed by atoms with Gasteiger partial charge in [-0.1, -0.05) is 37.3 Å². The Bertz CT molecular complexity index is 588. The first-order valence-electron chi connectivity index (χ1n) is 6.53. The van der Waals surface area contributed by atoms with E-state index in [1.807, 2.05) is 37.3 Å². The molecule has 0 saturated heterocycles. The Morgan fingerprint density at radius 3 is 2.70 bits per heavy atom. The zero-order chi connectivity index (χ0) is 14.5. The van der Waals surface area contributed by atoms with Crippen molar-refractivity contribution in [1.82, 2.24) is 0 Å². The lowest BCUT2D eigenvalue weighted by molar-refractivity contribution is 0.299. The van der Waals surface area contributed by atoms with Crippen LogP contribution in [0.5, 0.6) is 5.75 Å². The molecule has 0 heterocycles. The van der Waals surface area contributed by atoms with Gasteiger partial charge in [0.05, 0.1) is 4.47 Å². The Morgan fingerprint density at radius 2 is 1.95 bits per heavy atom. The van der Waals surface area contributed by atoms with Crippen molar-refractivity contribution in [2.24, 2.45) is 5.73 Å². The molecule has 2 N–H and O–H groups in total. The summed E-state index contributed by atoms with van der Waals surface area (Å²) in [5.74, 6) is 0.461. The van der Waals surface area contributed by atoms with Crippen LogP contribution in [0.2, 0.25) is 0 Å². The largest absolute Gasteiger partial charge is 0.489 e. The van der Waals surface area contributed by atoms with Crippen LogP contribution in [-0.4, -0.2) is 0 Å². The maximum atomic E-state index is 13.4. The molecule has 2 aromatic rings. The number of ether oxygens (including phenoxy) is 1. The third-order valence-corrected chi connectivity index (χ3v) is 4.06. The Hall–Kier alpha value is -1.39. The maximum absolute atomic E-state index is 13.4. The quantitative estimate of drug-likeness (QED) is 0.866. The van der Waals surface area contributed by atoms with Gasteiger partial charge in [0.25, 0.3) is 0 Å². The number of nitrogens with two attached hydrogens (primary N) is 1. The van der Waals surface area contributed by atoms with Gasteiger partial charge in [0.2, 0.25) is 0 Å². The van der Waals surface area contributed by atoms with Crippen molar-refractivity contribution in [2.75, 3.05) is 0 Å². The summed E-state index contributed by atoms with van der Waals surface area (Å²) in [4.78, 5) is 0. The third kappa shape index (κ3) is 3.38. The van der Waals surface area contributed by atoms with Gasteiger partial charge < -0.3 is 10.5 Å². The van der Waals surface area contributed by atoms with Gasteiger partial charge in [-0.05, 0) is 34.5 Å². The number of hydrogen-bond donors (Lipinski definition) is 1. The van der Waals surface area contributed by atoms with Crippen LogP contribution >= 0.6 is 15.9 Å². The molecule has 0 aliphatic carbocycles. The molecule has 0 amide bonds. The van der Waals surface area contributed by atoms with Crippen molar-refractivity contribution in [2.45, 2.75) is 26.0 Å². The Labute approximate surface area is 126 Å². The minimum Gasteiger partial charge on any atom is -0.489 e. The van der Waals surface area contributed by atoms with Gasteiger partial charge in [-0.15, -0.1) is 0 Å². The van der Waals surface area contributed by atoms with Crippen molar-refractivity contribution >= 4 is 15.9 Å². The average Bonchev–Trinajstić information content (AvgIpc) is 2.48. The molecule has 0 aliphatic heterocycles. The van der Waals surface area contributed by atoms with E-state index >= 15 is 0 Å². The fourth-order valence-corrected chi connectivity index (χ4v) is 2.33. The van der Waals surface area contributed by atoms with Crippen molar-refractivity contribution < 1.29 is 9.13 Å². The fraction of sp³-hybridized carbons (Fsp3) is 0.250. The lowest BCUT2D eigenvalue weighted by atomic mass is 10.0. The van der Waals surface area contributed by atoms with Gasteiger partial charge in [0.15, 0.2) is 0 Å². The molecule has 0 saturated carbocycles. The average molecular weight is 338 g/mol. The van der Waals surface area contributed by atoms with Gasteiger partial charge >= 0.3 is 0 Å². The van der Waals surface area contributed by atoms with Crippen LogP contribution in [0.25, 0.3) is 0 Å². The second kappa shape index (κ2) is 6.86. The second-order valence-electron chi connectivity index (χ2n) is 4.55. The molecule has 0 unspecified atom stereocenters. The molecule has 2 rings (SSSR count). The number of para-hydroxylation sites is 1. The van der Waals surface area contributed by atoms with Crippen LogP contribution in [-0.2, 0) is 6.61 Å². The molecule has 1 atom stereocenters. The topological polar surface area (TPSA) is 35.2 Å². The normalized spacial score (nSPS) is 12.2. The second-order valence-corrected chi connectivity index (χ2v) is 5.35. The van der Waals surface area contributed by atoms with E-state index in [9.17, 15) is 4.39 Å². The lowest BCUT2D eigenvalue weighted by Gasteiger charge is -2.16. The molecule has 0 aliphatic rings. The number of hydrogen-bond acceptors (Lipinski definition) is 2. The molecule has 20 heavy (non-hydrogen) atoms. The van der Waals surface area contributed by atoms with Crippen LogP contribution in [0, 0.1) is 5.82 Å². The van der Waals surface area contributed by atoms with Crippen molar-refractivity contribution in [3.63, 3.8) is 0 Å². The van der Waals surface area contributed by atoms with Gasteiger partial charge in [-0.25, -0.2) is 4.39 Å². The van der Waals surface area contributed by atoms with Gasteiger partial charge in [-0.3, -0.25) is 0 Å². The lowest BCUT2D eigenvalue weighted by Crippen LogP contribution is -2.11. The van der Waals surface area contributed by atoms with E-state index < -0.39 is 0 Å². The highest BCUT2D eigenvalue weighted by Crippen LogP contribution is 2.27. The summed E-state index contributed by atoms with van der Waals surface area (Å²) in [5, 5.41) is 0. The molecule has 4 heteroatoms. The summed E-state index contributed by atoms with van der Waals surface area (Å²) in [7, 11) is 0. The summed E-state index contributed by atoms with van der Waals surface area (Å²) in [6.45, 7) is 2.33. The minimum absolute atomic E-state index is 0.0536. The number of benzene rings is 2. The van der Waals surface area contributed by atoms with Crippen LogP contribution < -0.4 is 10.5 Å². The summed E-state index contributed by atoms with van der Waals surface area (Å²) < 4.78 is 19.7. The van der Waals surface area contributed by atoms with E-state index in [-0.39, 0.29) is 11.9 Å². The van der Waals surface area contributed by atoms with E-state index in [2.05, 4.69) is 15.9 Å².